The number of ether oxygens (including phenoxy) is 2. The first-order valence-electron chi connectivity index (χ1n) is 9.51. The van der Waals surface area contributed by atoms with Gasteiger partial charge in [0, 0.05) is 34.5 Å². The Labute approximate surface area is 186 Å². The minimum absolute atomic E-state index is 0.0177. The first-order valence-corrected chi connectivity index (χ1v) is 10.4. The summed E-state index contributed by atoms with van der Waals surface area (Å²) in [5, 5.41) is 4.72. The summed E-state index contributed by atoms with van der Waals surface area (Å²) in [6.07, 6.45) is 3.39. The monoisotopic (exact) mass is 453 g/mol. The summed E-state index contributed by atoms with van der Waals surface area (Å²) in [5.74, 6) is 0.193. The lowest BCUT2D eigenvalue weighted by atomic mass is 10.1. The van der Waals surface area contributed by atoms with Gasteiger partial charge in [0.2, 0.25) is 0 Å². The number of nitrogens with one attached hydrogen (secondary N) is 1. The fraction of sp³-hybridized carbons (Fsp3) is 0.0870. The Morgan fingerprint density at radius 3 is 2.78 bits per heavy atom. The van der Waals surface area contributed by atoms with Gasteiger partial charge in [0.25, 0.3) is 5.91 Å². The summed E-state index contributed by atoms with van der Waals surface area (Å²) < 4.78 is 35.6. The summed E-state index contributed by atoms with van der Waals surface area (Å²) in [4.78, 5) is 21.0. The highest BCUT2D eigenvalue weighted by atomic mass is 32.1. The number of halogens is 2. The van der Waals surface area contributed by atoms with E-state index in [1.165, 1.54) is 17.4 Å². The van der Waals surface area contributed by atoms with Crippen molar-refractivity contribution in [2.24, 2.45) is 0 Å². The van der Waals surface area contributed by atoms with Crippen molar-refractivity contribution in [3.8, 4) is 22.8 Å². The predicted octanol–water partition coefficient (Wildman–Crippen LogP) is 5.64. The molecule has 0 bridgehead atoms. The number of carbonyl (C=O) groups is 1. The largest absolute Gasteiger partial charge is 0.489 e. The van der Waals surface area contributed by atoms with Crippen molar-refractivity contribution in [3.05, 3.63) is 89.6 Å². The van der Waals surface area contributed by atoms with Crippen molar-refractivity contribution < 1.29 is 23.0 Å². The van der Waals surface area contributed by atoms with Crippen molar-refractivity contribution >= 4 is 22.4 Å². The number of hydrogen-bond acceptors (Lipinski definition) is 6. The molecule has 1 amide bonds. The minimum Gasteiger partial charge on any atom is -0.489 e. The molecule has 0 aliphatic carbocycles. The van der Waals surface area contributed by atoms with Crippen LogP contribution in [0, 0.1) is 0 Å². The first-order chi connectivity index (χ1) is 15.6. The second-order valence-electron chi connectivity index (χ2n) is 6.54. The van der Waals surface area contributed by atoms with Gasteiger partial charge >= 0.3 is 6.61 Å². The zero-order valence-corrected chi connectivity index (χ0v) is 17.4. The second kappa shape index (κ2) is 9.97. The van der Waals surface area contributed by atoms with E-state index in [0.717, 1.165) is 5.56 Å². The summed E-state index contributed by atoms with van der Waals surface area (Å²) in [7, 11) is 0. The highest BCUT2D eigenvalue weighted by Crippen LogP contribution is 2.33. The number of rotatable bonds is 8. The van der Waals surface area contributed by atoms with Gasteiger partial charge in [-0.3, -0.25) is 15.1 Å². The summed E-state index contributed by atoms with van der Waals surface area (Å²) in [5.41, 5.74) is 2.14. The first kappa shape index (κ1) is 21.4. The van der Waals surface area contributed by atoms with Crippen LogP contribution in [0.4, 0.5) is 13.9 Å². The van der Waals surface area contributed by atoms with E-state index < -0.39 is 6.61 Å². The van der Waals surface area contributed by atoms with E-state index >= 15 is 0 Å². The Morgan fingerprint density at radius 2 is 1.97 bits per heavy atom. The van der Waals surface area contributed by atoms with Crippen molar-refractivity contribution in [1.82, 2.24) is 9.97 Å². The Bertz CT molecular complexity index is 1200. The molecule has 2 aromatic heterocycles. The van der Waals surface area contributed by atoms with Crippen LogP contribution < -0.4 is 14.8 Å². The van der Waals surface area contributed by atoms with Crippen LogP contribution >= 0.6 is 11.3 Å². The van der Waals surface area contributed by atoms with Gasteiger partial charge in [-0.1, -0.05) is 24.3 Å². The molecule has 4 rings (SSSR count). The number of amides is 1. The molecule has 9 heteroatoms. The van der Waals surface area contributed by atoms with E-state index in [4.69, 9.17) is 4.74 Å². The number of hydrogen-bond donors (Lipinski definition) is 1. The van der Waals surface area contributed by atoms with Crippen LogP contribution in [-0.2, 0) is 6.61 Å². The molecule has 2 heterocycles. The maximum absolute atomic E-state index is 12.7. The average molecular weight is 453 g/mol. The Kier molecular flexibility index (Phi) is 6.66. The quantitative estimate of drug-likeness (QED) is 0.374. The lowest BCUT2D eigenvalue weighted by Gasteiger charge is -2.08. The van der Waals surface area contributed by atoms with Gasteiger partial charge in [-0.25, -0.2) is 4.98 Å². The van der Waals surface area contributed by atoms with Gasteiger partial charge in [0.05, 0.1) is 5.69 Å². The number of para-hydroxylation sites is 1. The third-order valence-corrected chi connectivity index (χ3v) is 5.09. The molecular weight excluding hydrogens is 436 g/mol. The molecule has 1 N–H and O–H groups in total. The molecule has 0 spiro atoms. The van der Waals surface area contributed by atoms with Crippen LogP contribution in [0.15, 0.2) is 78.4 Å². The molecule has 0 aliphatic heterocycles. The number of benzene rings is 2. The van der Waals surface area contributed by atoms with Crippen LogP contribution in [0.3, 0.4) is 0 Å². The summed E-state index contributed by atoms with van der Waals surface area (Å²) in [6.45, 7) is -2.61. The molecule has 6 nitrogen and oxygen atoms in total. The Hall–Kier alpha value is -3.85. The molecule has 32 heavy (non-hydrogen) atoms. The van der Waals surface area contributed by atoms with E-state index in [2.05, 4.69) is 20.0 Å². The van der Waals surface area contributed by atoms with E-state index in [0.29, 0.717) is 34.3 Å². The van der Waals surface area contributed by atoms with Crippen LogP contribution in [-0.4, -0.2) is 22.5 Å². The second-order valence-corrected chi connectivity index (χ2v) is 7.40. The zero-order chi connectivity index (χ0) is 22.3. The van der Waals surface area contributed by atoms with Crippen molar-refractivity contribution in [2.75, 3.05) is 5.32 Å². The van der Waals surface area contributed by atoms with Gasteiger partial charge in [-0.15, -0.1) is 11.3 Å². The van der Waals surface area contributed by atoms with Crippen molar-refractivity contribution in [2.45, 2.75) is 13.2 Å². The van der Waals surface area contributed by atoms with Crippen LogP contribution in [0.1, 0.15) is 15.9 Å². The SMILES string of the molecule is O=C(Nc1nc(-c2ccccc2OC(F)F)cs1)c1cccc(OCc2cccnc2)c1. The third kappa shape index (κ3) is 5.44. The molecule has 2 aromatic carbocycles. The topological polar surface area (TPSA) is 73.3 Å². The lowest BCUT2D eigenvalue weighted by molar-refractivity contribution is -0.0494. The lowest BCUT2D eigenvalue weighted by Crippen LogP contribution is -2.11. The molecule has 0 aliphatic rings. The van der Waals surface area contributed by atoms with Crippen LogP contribution in [0.2, 0.25) is 0 Å². The number of alkyl halides is 2. The molecule has 0 fully saturated rings. The van der Waals surface area contributed by atoms with Crippen LogP contribution in [0.5, 0.6) is 11.5 Å². The number of anilines is 1. The number of nitrogens with zero attached hydrogens (tertiary/aromatic N) is 2. The fourth-order valence-electron chi connectivity index (χ4n) is 2.88. The maximum Gasteiger partial charge on any atom is 0.387 e. The van der Waals surface area contributed by atoms with Gasteiger partial charge in [-0.05, 0) is 36.4 Å². The number of carbonyl (C=O) groups excluding carboxylic acids is 1. The van der Waals surface area contributed by atoms with Gasteiger partial charge in [0.1, 0.15) is 18.1 Å². The molecule has 0 unspecified atom stereocenters. The Balaban J connectivity index is 1.44. The summed E-state index contributed by atoms with van der Waals surface area (Å²) >= 11 is 1.18. The number of pyridine rings is 1. The van der Waals surface area contributed by atoms with Gasteiger partial charge in [-0.2, -0.15) is 8.78 Å². The van der Waals surface area contributed by atoms with E-state index in [-0.39, 0.29) is 11.7 Å². The normalized spacial score (nSPS) is 10.7. The summed E-state index contributed by atoms with van der Waals surface area (Å²) in [6, 6.07) is 16.8. The third-order valence-electron chi connectivity index (χ3n) is 4.33. The average Bonchev–Trinajstić information content (AvgIpc) is 3.27. The van der Waals surface area contributed by atoms with Gasteiger partial charge < -0.3 is 9.47 Å². The fourth-order valence-corrected chi connectivity index (χ4v) is 3.58. The van der Waals surface area contributed by atoms with E-state index in [1.807, 2.05) is 12.1 Å². The molecule has 0 radical (unpaired) electrons. The predicted molar refractivity (Wildman–Crippen MR) is 117 cm³/mol. The van der Waals surface area contributed by atoms with Crippen molar-refractivity contribution in [3.63, 3.8) is 0 Å². The molecule has 162 valence electrons. The smallest absolute Gasteiger partial charge is 0.387 e. The minimum atomic E-state index is -2.94. The standard InChI is InChI=1S/C23H17F2N3O3S/c24-22(25)31-20-9-2-1-8-18(20)19-14-32-23(27-19)28-21(29)16-6-3-7-17(11-16)30-13-15-5-4-10-26-12-15/h1-12,14,22H,13H2,(H,27,28,29). The highest BCUT2D eigenvalue weighted by Gasteiger charge is 2.15. The van der Waals surface area contributed by atoms with Gasteiger partial charge in [0.15, 0.2) is 5.13 Å². The highest BCUT2D eigenvalue weighted by molar-refractivity contribution is 7.14. The molecule has 4 aromatic rings. The van der Waals surface area contributed by atoms with Crippen molar-refractivity contribution in [1.29, 1.82) is 0 Å². The molecule has 0 atom stereocenters. The molecule has 0 saturated carbocycles. The maximum atomic E-state index is 12.7. The molecular formula is C23H17F2N3O3S. The molecule has 0 saturated heterocycles. The zero-order valence-electron chi connectivity index (χ0n) is 16.6. The van der Waals surface area contributed by atoms with E-state index in [9.17, 15) is 13.6 Å². The number of aromatic nitrogens is 2. The van der Waals surface area contributed by atoms with Crippen LogP contribution in [0.25, 0.3) is 11.3 Å². The van der Waals surface area contributed by atoms with E-state index in [1.54, 1.807) is 60.2 Å². The Morgan fingerprint density at radius 1 is 1.09 bits per heavy atom. The number of thiazole rings is 1.